The molecule has 0 saturated heterocycles. The fourth-order valence-corrected chi connectivity index (χ4v) is 3.79. The van der Waals surface area contributed by atoms with Crippen molar-refractivity contribution in [3.8, 4) is 0 Å². The van der Waals surface area contributed by atoms with Gasteiger partial charge in [-0.05, 0) is 30.7 Å². The molecule has 4 rings (SSSR count). The van der Waals surface area contributed by atoms with Crippen molar-refractivity contribution in [2.45, 2.75) is 19.4 Å². The lowest BCUT2D eigenvalue weighted by Gasteiger charge is -2.28. The molecule has 0 unspecified atom stereocenters. The first-order chi connectivity index (χ1) is 12.6. The molecule has 6 heteroatoms. The molecule has 2 heterocycles. The van der Waals surface area contributed by atoms with E-state index in [2.05, 4.69) is 4.98 Å². The monoisotopic (exact) mass is 364 g/mol. The molecular weight excluding hydrogens is 348 g/mol. The molecular formula is C20H16N2O3S. The Hall–Kier alpha value is -2.99. The van der Waals surface area contributed by atoms with E-state index < -0.39 is 12.1 Å². The number of benzene rings is 2. The molecule has 26 heavy (non-hydrogen) atoms. The number of para-hydroxylation sites is 1. The van der Waals surface area contributed by atoms with Gasteiger partial charge in [0.1, 0.15) is 0 Å². The first-order valence-electron chi connectivity index (χ1n) is 8.23. The van der Waals surface area contributed by atoms with Crippen LogP contribution in [0.25, 0.3) is 0 Å². The second-order valence-corrected chi connectivity index (χ2v) is 6.87. The molecule has 1 aliphatic heterocycles. The van der Waals surface area contributed by atoms with Crippen molar-refractivity contribution in [3.05, 3.63) is 76.8 Å². The number of nitrogens with zero attached hydrogens (tertiary/aromatic N) is 2. The maximum Gasteiger partial charge on any atom is 0.339 e. The molecule has 3 aromatic rings. The number of thiazole rings is 1. The molecule has 1 atom stereocenters. The van der Waals surface area contributed by atoms with E-state index in [0.29, 0.717) is 22.8 Å². The van der Waals surface area contributed by atoms with Crippen LogP contribution in [-0.2, 0) is 16.0 Å². The fraction of sp³-hybridized carbons (Fsp3) is 0.150. The molecule has 130 valence electrons. The zero-order valence-corrected chi connectivity index (χ0v) is 14.9. The summed E-state index contributed by atoms with van der Waals surface area (Å²) in [5, 5.41) is 2.45. The van der Waals surface area contributed by atoms with E-state index in [1.54, 1.807) is 12.1 Å². The zero-order chi connectivity index (χ0) is 18.1. The Balaban J connectivity index is 1.71. The number of fused-ring (bicyclic) bond motifs is 1. The molecule has 0 radical (unpaired) electrons. The molecule has 5 nitrogen and oxygen atoms in total. The third-order valence-corrected chi connectivity index (χ3v) is 5.14. The van der Waals surface area contributed by atoms with Gasteiger partial charge in [-0.2, -0.15) is 0 Å². The lowest BCUT2D eigenvalue weighted by Crippen LogP contribution is -2.42. The Morgan fingerprint density at radius 2 is 1.88 bits per heavy atom. The van der Waals surface area contributed by atoms with E-state index in [-0.39, 0.29) is 5.91 Å². The molecule has 0 N–H and O–H groups in total. The first kappa shape index (κ1) is 16.5. The summed E-state index contributed by atoms with van der Waals surface area (Å²) in [6, 6.07) is 16.5. The summed E-state index contributed by atoms with van der Waals surface area (Å²) in [6.07, 6.45) is -0.518. The quantitative estimate of drug-likeness (QED) is 0.662. The molecule has 1 aliphatic rings. The second kappa shape index (κ2) is 6.72. The number of anilines is 2. The molecule has 1 aromatic heterocycles. The van der Waals surface area contributed by atoms with Crippen LogP contribution in [0.3, 0.4) is 0 Å². The highest BCUT2D eigenvalue weighted by Crippen LogP contribution is 2.31. The smallest absolute Gasteiger partial charge is 0.339 e. The Kier molecular flexibility index (Phi) is 4.26. The minimum atomic E-state index is -0.873. The van der Waals surface area contributed by atoms with Crippen molar-refractivity contribution in [2.24, 2.45) is 0 Å². The molecule has 0 bridgehead atoms. The first-order valence-corrected chi connectivity index (χ1v) is 9.11. The standard InChI is InChI=1S/C20H16N2O3S/c1-13-12-26-20(21-13)22(15-8-3-2-4-9-15)18(23)17-11-14-7-5-6-10-16(14)19(24)25-17/h2-10,12,17H,11H2,1H3/t17-/m1/s1. The van der Waals surface area contributed by atoms with Gasteiger partial charge in [0.05, 0.1) is 16.9 Å². The predicted molar refractivity (Wildman–Crippen MR) is 99.8 cm³/mol. The van der Waals surface area contributed by atoms with Gasteiger partial charge in [-0.25, -0.2) is 9.78 Å². The van der Waals surface area contributed by atoms with Crippen molar-refractivity contribution >= 4 is 34.0 Å². The number of carbonyl (C=O) groups excluding carboxylic acids is 2. The number of aromatic nitrogens is 1. The van der Waals surface area contributed by atoms with Crippen molar-refractivity contribution < 1.29 is 14.3 Å². The average Bonchev–Trinajstić information content (AvgIpc) is 3.08. The van der Waals surface area contributed by atoms with E-state index >= 15 is 0 Å². The second-order valence-electron chi connectivity index (χ2n) is 6.04. The number of hydrogen-bond acceptors (Lipinski definition) is 5. The van der Waals surface area contributed by atoms with Crippen LogP contribution in [0.2, 0.25) is 0 Å². The van der Waals surface area contributed by atoms with Gasteiger partial charge in [0.2, 0.25) is 0 Å². The highest BCUT2D eigenvalue weighted by atomic mass is 32.1. The highest BCUT2D eigenvalue weighted by molar-refractivity contribution is 7.14. The van der Waals surface area contributed by atoms with Gasteiger partial charge >= 0.3 is 5.97 Å². The maximum absolute atomic E-state index is 13.3. The van der Waals surface area contributed by atoms with Crippen LogP contribution in [0.1, 0.15) is 21.6 Å². The Bertz CT molecular complexity index is 968. The minimum absolute atomic E-state index is 0.298. The zero-order valence-electron chi connectivity index (χ0n) is 14.1. The molecule has 0 fully saturated rings. The van der Waals surface area contributed by atoms with Crippen molar-refractivity contribution in [2.75, 3.05) is 4.90 Å². The summed E-state index contributed by atoms with van der Waals surface area (Å²) in [6.45, 7) is 1.88. The van der Waals surface area contributed by atoms with Crippen LogP contribution in [-0.4, -0.2) is 23.0 Å². The highest BCUT2D eigenvalue weighted by Gasteiger charge is 2.35. The van der Waals surface area contributed by atoms with Crippen LogP contribution in [0.15, 0.2) is 60.0 Å². The molecule has 0 saturated carbocycles. The normalized spacial score (nSPS) is 15.9. The average molecular weight is 364 g/mol. The summed E-state index contributed by atoms with van der Waals surface area (Å²) in [5.74, 6) is -0.762. The number of ether oxygens (including phenoxy) is 1. The van der Waals surface area contributed by atoms with Crippen molar-refractivity contribution in [1.82, 2.24) is 4.98 Å². The van der Waals surface area contributed by atoms with Gasteiger partial charge < -0.3 is 4.74 Å². The number of aryl methyl sites for hydroxylation is 1. The third kappa shape index (κ3) is 2.99. The molecule has 0 spiro atoms. The number of hydrogen-bond donors (Lipinski definition) is 0. The topological polar surface area (TPSA) is 59.5 Å². The van der Waals surface area contributed by atoms with Crippen LogP contribution < -0.4 is 4.90 Å². The number of cyclic esters (lactones) is 1. The molecule has 0 aliphatic carbocycles. The van der Waals surface area contributed by atoms with E-state index in [0.717, 1.165) is 11.3 Å². The van der Waals surface area contributed by atoms with Gasteiger partial charge in [0.25, 0.3) is 5.91 Å². The number of carbonyl (C=O) groups is 2. The summed E-state index contributed by atoms with van der Waals surface area (Å²) in [4.78, 5) is 31.6. The van der Waals surface area contributed by atoms with Gasteiger partial charge in [-0.1, -0.05) is 36.4 Å². The lowest BCUT2D eigenvalue weighted by molar-refractivity contribution is -0.126. The van der Waals surface area contributed by atoms with Crippen LogP contribution in [0, 0.1) is 6.92 Å². The van der Waals surface area contributed by atoms with E-state index in [1.807, 2.05) is 54.8 Å². The Labute approximate surface area is 154 Å². The third-order valence-electron chi connectivity index (χ3n) is 4.20. The van der Waals surface area contributed by atoms with Gasteiger partial charge in [0, 0.05) is 11.8 Å². The van der Waals surface area contributed by atoms with Gasteiger partial charge in [-0.15, -0.1) is 11.3 Å². The summed E-state index contributed by atoms with van der Waals surface area (Å²) < 4.78 is 5.45. The predicted octanol–water partition coefficient (Wildman–Crippen LogP) is 3.90. The van der Waals surface area contributed by atoms with E-state index in [4.69, 9.17) is 4.74 Å². The SMILES string of the molecule is Cc1csc(N(C(=O)[C@H]2Cc3ccccc3C(=O)O2)c2ccccc2)n1. The molecule has 2 aromatic carbocycles. The van der Waals surface area contributed by atoms with Gasteiger partial charge in [-0.3, -0.25) is 9.69 Å². The van der Waals surface area contributed by atoms with E-state index in [9.17, 15) is 9.59 Å². The van der Waals surface area contributed by atoms with Crippen LogP contribution >= 0.6 is 11.3 Å². The van der Waals surface area contributed by atoms with Crippen molar-refractivity contribution in [1.29, 1.82) is 0 Å². The van der Waals surface area contributed by atoms with Crippen molar-refractivity contribution in [3.63, 3.8) is 0 Å². The summed E-state index contributed by atoms with van der Waals surface area (Å²) >= 11 is 1.38. The lowest BCUT2D eigenvalue weighted by atomic mass is 9.98. The number of esters is 1. The fourth-order valence-electron chi connectivity index (χ4n) is 2.97. The van der Waals surface area contributed by atoms with E-state index in [1.165, 1.54) is 16.2 Å². The van der Waals surface area contributed by atoms with Gasteiger partial charge in [0.15, 0.2) is 11.2 Å². The summed E-state index contributed by atoms with van der Waals surface area (Å²) in [7, 11) is 0. The summed E-state index contributed by atoms with van der Waals surface area (Å²) in [5.41, 5.74) is 2.88. The van der Waals surface area contributed by atoms with Crippen LogP contribution in [0.4, 0.5) is 10.8 Å². The van der Waals surface area contributed by atoms with Crippen LogP contribution in [0.5, 0.6) is 0 Å². The Morgan fingerprint density at radius 3 is 2.62 bits per heavy atom. The minimum Gasteiger partial charge on any atom is -0.448 e. The number of rotatable bonds is 3. The maximum atomic E-state index is 13.3. The Morgan fingerprint density at radius 1 is 1.15 bits per heavy atom. The largest absolute Gasteiger partial charge is 0.448 e. The number of amides is 1. The molecule has 1 amide bonds.